The lowest BCUT2D eigenvalue weighted by atomic mass is 10.0. The minimum atomic E-state index is -0.136. The molecule has 8 heteroatoms. The van der Waals surface area contributed by atoms with E-state index in [0.717, 1.165) is 37.2 Å². The van der Waals surface area contributed by atoms with Gasteiger partial charge in [0.25, 0.3) is 0 Å². The van der Waals surface area contributed by atoms with Gasteiger partial charge in [0.15, 0.2) is 0 Å². The van der Waals surface area contributed by atoms with Crippen LogP contribution in [0.4, 0.5) is 0 Å². The second-order valence-electron chi connectivity index (χ2n) is 12.8. The van der Waals surface area contributed by atoms with Crippen LogP contribution in [0.3, 0.4) is 0 Å². The molecule has 0 atom stereocenters. The predicted octanol–water partition coefficient (Wildman–Crippen LogP) is 10.9. The molecular weight excluding hydrogens is 617 g/mol. The monoisotopic (exact) mass is 690 g/mol. The second kappa shape index (κ2) is 40.7. The fraction of sp³-hybridized carbons (Fsp3) is 0.947. The normalized spacial score (nSPS) is 11.3. The molecule has 0 aliphatic heterocycles. The van der Waals surface area contributed by atoms with Gasteiger partial charge >= 0.3 is 11.9 Å². The van der Waals surface area contributed by atoms with Crippen molar-refractivity contribution < 1.29 is 28.5 Å². The zero-order valence-corrected chi connectivity index (χ0v) is 31.6. The third-order valence-electron chi connectivity index (χ3n) is 8.43. The van der Waals surface area contributed by atoms with Crippen LogP contribution >= 0.6 is 25.3 Å². The van der Waals surface area contributed by atoms with Crippen LogP contribution in [-0.4, -0.2) is 63.1 Å². The number of ether oxygens (including phenoxy) is 4. The first-order valence-corrected chi connectivity index (χ1v) is 20.7. The Morgan fingerprint density at radius 3 is 0.783 bits per heavy atom. The number of carbonyl (C=O) groups excluding carboxylic acids is 2. The fourth-order valence-corrected chi connectivity index (χ4v) is 5.99. The Hall–Kier alpha value is -0.440. The van der Waals surface area contributed by atoms with Gasteiger partial charge in [-0.1, -0.05) is 141 Å². The van der Waals surface area contributed by atoms with Gasteiger partial charge in [0.2, 0.25) is 0 Å². The molecule has 0 aliphatic carbocycles. The summed E-state index contributed by atoms with van der Waals surface area (Å²) in [6.07, 6.45) is 34.2. The SMILES string of the molecule is O=C(CCCCCCCCCCCCCCCS)OCCOCCOCCOC(=O)CCCCCCCCCCCCCCCS. The molecule has 6 nitrogen and oxygen atoms in total. The summed E-state index contributed by atoms with van der Waals surface area (Å²) >= 11 is 8.52. The highest BCUT2D eigenvalue weighted by atomic mass is 32.1. The van der Waals surface area contributed by atoms with Crippen LogP contribution in [0.15, 0.2) is 0 Å². The summed E-state index contributed by atoms with van der Waals surface area (Å²) in [4.78, 5) is 23.7. The second-order valence-corrected chi connectivity index (χ2v) is 13.7. The van der Waals surface area contributed by atoms with Gasteiger partial charge in [0.1, 0.15) is 13.2 Å². The summed E-state index contributed by atoms with van der Waals surface area (Å²) < 4.78 is 21.4. The van der Waals surface area contributed by atoms with Crippen LogP contribution in [0.1, 0.15) is 180 Å². The Kier molecular flexibility index (Phi) is 40.3. The lowest BCUT2D eigenvalue weighted by Gasteiger charge is -2.08. The summed E-state index contributed by atoms with van der Waals surface area (Å²) in [6, 6.07) is 0. The highest BCUT2D eigenvalue weighted by molar-refractivity contribution is 7.80. The molecule has 0 saturated heterocycles. The Balaban J connectivity index is 3.23. The molecule has 0 N–H and O–H groups in total. The topological polar surface area (TPSA) is 71.1 Å². The number of esters is 2. The Labute approximate surface area is 295 Å². The van der Waals surface area contributed by atoms with Crippen LogP contribution in [0.2, 0.25) is 0 Å². The van der Waals surface area contributed by atoms with Crippen LogP contribution in [-0.2, 0) is 28.5 Å². The van der Waals surface area contributed by atoms with E-state index in [1.165, 1.54) is 141 Å². The molecule has 274 valence electrons. The lowest BCUT2D eigenvalue weighted by Crippen LogP contribution is -2.15. The molecule has 0 aliphatic rings. The minimum absolute atomic E-state index is 0.136. The van der Waals surface area contributed by atoms with E-state index < -0.39 is 0 Å². The number of hydrogen-bond acceptors (Lipinski definition) is 8. The largest absolute Gasteiger partial charge is 0.463 e. The average Bonchev–Trinajstić information content (AvgIpc) is 3.05. The van der Waals surface area contributed by atoms with Crippen LogP contribution in [0.5, 0.6) is 0 Å². The molecule has 0 spiro atoms. The molecule has 0 radical (unpaired) electrons. The number of hydrogen-bond donors (Lipinski definition) is 2. The van der Waals surface area contributed by atoms with Crippen LogP contribution in [0.25, 0.3) is 0 Å². The molecule has 0 heterocycles. The first-order valence-electron chi connectivity index (χ1n) is 19.4. The zero-order valence-electron chi connectivity index (χ0n) is 29.8. The first-order chi connectivity index (χ1) is 22.7. The van der Waals surface area contributed by atoms with Gasteiger partial charge < -0.3 is 18.9 Å². The third-order valence-corrected chi connectivity index (χ3v) is 9.06. The van der Waals surface area contributed by atoms with Gasteiger partial charge in [0, 0.05) is 12.8 Å². The summed E-state index contributed by atoms with van der Waals surface area (Å²) in [5, 5.41) is 0. The zero-order chi connectivity index (χ0) is 33.4. The van der Waals surface area contributed by atoms with Gasteiger partial charge in [-0.15, -0.1) is 0 Å². The number of rotatable bonds is 39. The van der Waals surface area contributed by atoms with Crippen molar-refractivity contribution in [3.05, 3.63) is 0 Å². The van der Waals surface area contributed by atoms with Crippen molar-refractivity contribution in [3.63, 3.8) is 0 Å². The van der Waals surface area contributed by atoms with Crippen LogP contribution < -0.4 is 0 Å². The third kappa shape index (κ3) is 39.7. The van der Waals surface area contributed by atoms with Crippen molar-refractivity contribution in [2.45, 2.75) is 180 Å². The minimum Gasteiger partial charge on any atom is -0.463 e. The van der Waals surface area contributed by atoms with E-state index in [1.807, 2.05) is 0 Å². The van der Waals surface area contributed by atoms with Crippen molar-refractivity contribution in [1.29, 1.82) is 0 Å². The average molecular weight is 691 g/mol. The molecule has 0 aromatic rings. The predicted molar refractivity (Wildman–Crippen MR) is 201 cm³/mol. The Bertz CT molecular complexity index is 570. The van der Waals surface area contributed by atoms with Crippen molar-refractivity contribution in [2.24, 2.45) is 0 Å². The Morgan fingerprint density at radius 1 is 0.304 bits per heavy atom. The Morgan fingerprint density at radius 2 is 0.522 bits per heavy atom. The van der Waals surface area contributed by atoms with E-state index in [-0.39, 0.29) is 25.2 Å². The van der Waals surface area contributed by atoms with Gasteiger partial charge in [0.05, 0.1) is 26.4 Å². The summed E-state index contributed by atoms with van der Waals surface area (Å²) in [5.41, 5.74) is 0. The van der Waals surface area contributed by atoms with Gasteiger partial charge in [-0.05, 0) is 37.2 Å². The van der Waals surface area contributed by atoms with E-state index in [4.69, 9.17) is 18.9 Å². The molecule has 0 fully saturated rings. The van der Waals surface area contributed by atoms with E-state index >= 15 is 0 Å². The maximum absolute atomic E-state index is 11.9. The molecule has 0 amide bonds. The highest BCUT2D eigenvalue weighted by Crippen LogP contribution is 2.14. The van der Waals surface area contributed by atoms with E-state index in [9.17, 15) is 9.59 Å². The summed E-state index contributed by atoms with van der Waals surface area (Å²) in [7, 11) is 0. The van der Waals surface area contributed by atoms with Crippen molar-refractivity contribution in [3.8, 4) is 0 Å². The smallest absolute Gasteiger partial charge is 0.305 e. The van der Waals surface area contributed by atoms with Gasteiger partial charge in [-0.25, -0.2) is 0 Å². The van der Waals surface area contributed by atoms with Gasteiger partial charge in [-0.3, -0.25) is 9.59 Å². The first kappa shape index (κ1) is 45.6. The molecule has 0 rings (SSSR count). The fourth-order valence-electron chi connectivity index (χ4n) is 5.55. The molecule has 0 bridgehead atoms. The van der Waals surface area contributed by atoms with Crippen LogP contribution in [0, 0.1) is 0 Å². The maximum atomic E-state index is 11.9. The molecule has 0 aromatic carbocycles. The molecule has 0 unspecified atom stereocenters. The van der Waals surface area contributed by atoms with E-state index in [2.05, 4.69) is 25.3 Å². The van der Waals surface area contributed by atoms with E-state index in [1.54, 1.807) is 0 Å². The summed E-state index contributed by atoms with van der Waals surface area (Å²) in [6.45, 7) is 2.16. The number of carbonyl (C=O) groups is 2. The van der Waals surface area contributed by atoms with E-state index in [0.29, 0.717) is 39.3 Å². The maximum Gasteiger partial charge on any atom is 0.305 e. The van der Waals surface area contributed by atoms with Gasteiger partial charge in [-0.2, -0.15) is 25.3 Å². The number of thiol groups is 2. The number of unbranched alkanes of at least 4 members (excludes halogenated alkanes) is 24. The highest BCUT2D eigenvalue weighted by Gasteiger charge is 2.04. The lowest BCUT2D eigenvalue weighted by molar-refractivity contribution is -0.147. The van der Waals surface area contributed by atoms with Crippen molar-refractivity contribution in [1.82, 2.24) is 0 Å². The molecule has 0 aromatic heterocycles. The quantitative estimate of drug-likeness (QED) is 0.0380. The van der Waals surface area contributed by atoms with Crippen molar-refractivity contribution in [2.75, 3.05) is 51.1 Å². The molecule has 46 heavy (non-hydrogen) atoms. The summed E-state index contributed by atoms with van der Waals surface area (Å²) in [5.74, 6) is 1.77. The molecular formula is C38H74O6S2. The molecule has 0 saturated carbocycles. The van der Waals surface area contributed by atoms with Crippen molar-refractivity contribution >= 4 is 37.2 Å². The standard InChI is InChI=1S/C38H74O6S2/c39-37(27-23-19-15-11-7-3-1-5-9-13-17-21-25-35-45)43-33-31-41-29-30-42-32-34-44-38(40)28-24-20-16-12-8-4-2-6-10-14-18-22-26-36-46/h45-46H,1-36H2.